The molecule has 1 aliphatic heterocycles. The maximum atomic E-state index is 12.9. The number of H-pyrrole nitrogens is 1. The summed E-state index contributed by atoms with van der Waals surface area (Å²) < 4.78 is 27.3. The Kier molecular flexibility index (Phi) is 4.55. The van der Waals surface area contributed by atoms with Crippen LogP contribution in [0.25, 0.3) is 10.9 Å². The molecule has 0 unspecified atom stereocenters. The Balaban J connectivity index is 1.51. The van der Waals surface area contributed by atoms with Crippen molar-refractivity contribution < 1.29 is 8.42 Å². The number of fused-ring (bicyclic) bond motifs is 1. The standard InChI is InChI=1S/C20H21ClN2O2S/c1-14-3-2-4-18(11-14)26(24,25)23-9-7-15(8-10-23)20-13-16-12-17(21)5-6-19(16)22-20/h2-6,11-13,15,22H,7-10H2,1H3. The zero-order valence-electron chi connectivity index (χ0n) is 14.6. The van der Waals surface area contributed by atoms with Crippen LogP contribution in [-0.2, 0) is 10.0 Å². The van der Waals surface area contributed by atoms with Crippen molar-refractivity contribution >= 4 is 32.5 Å². The van der Waals surface area contributed by atoms with E-state index in [1.165, 1.54) is 0 Å². The van der Waals surface area contributed by atoms with Crippen molar-refractivity contribution in [2.75, 3.05) is 13.1 Å². The molecule has 26 heavy (non-hydrogen) atoms. The average molecular weight is 389 g/mol. The van der Waals surface area contributed by atoms with E-state index in [9.17, 15) is 8.42 Å². The predicted molar refractivity (Wildman–Crippen MR) is 105 cm³/mol. The van der Waals surface area contributed by atoms with Crippen molar-refractivity contribution in [1.29, 1.82) is 0 Å². The molecule has 1 aromatic heterocycles. The van der Waals surface area contributed by atoms with Crippen molar-refractivity contribution in [3.05, 3.63) is 64.8 Å². The minimum absolute atomic E-state index is 0.338. The minimum Gasteiger partial charge on any atom is -0.358 e. The number of aromatic nitrogens is 1. The molecule has 6 heteroatoms. The summed E-state index contributed by atoms with van der Waals surface area (Å²) in [4.78, 5) is 3.84. The van der Waals surface area contributed by atoms with Crippen LogP contribution in [0.5, 0.6) is 0 Å². The maximum absolute atomic E-state index is 12.9. The predicted octanol–water partition coefficient (Wildman–Crippen LogP) is 4.70. The summed E-state index contributed by atoms with van der Waals surface area (Å²) >= 11 is 6.07. The van der Waals surface area contributed by atoms with Gasteiger partial charge >= 0.3 is 0 Å². The molecular formula is C20H21ClN2O2S. The van der Waals surface area contributed by atoms with Crippen molar-refractivity contribution in [2.45, 2.75) is 30.6 Å². The highest BCUT2D eigenvalue weighted by Gasteiger charge is 2.30. The van der Waals surface area contributed by atoms with Crippen LogP contribution >= 0.6 is 11.6 Å². The molecule has 1 N–H and O–H groups in total. The summed E-state index contributed by atoms with van der Waals surface area (Å²) in [5.41, 5.74) is 3.19. The van der Waals surface area contributed by atoms with E-state index in [0.717, 1.165) is 40.0 Å². The van der Waals surface area contributed by atoms with Gasteiger partial charge in [-0.1, -0.05) is 23.7 Å². The van der Waals surface area contributed by atoms with Gasteiger partial charge in [-0.2, -0.15) is 4.31 Å². The van der Waals surface area contributed by atoms with Gasteiger partial charge in [0.05, 0.1) is 4.90 Å². The number of aromatic amines is 1. The highest BCUT2D eigenvalue weighted by Crippen LogP contribution is 2.32. The lowest BCUT2D eigenvalue weighted by atomic mass is 9.95. The zero-order valence-corrected chi connectivity index (χ0v) is 16.1. The van der Waals surface area contributed by atoms with Gasteiger partial charge in [0.2, 0.25) is 10.0 Å². The lowest BCUT2D eigenvalue weighted by Gasteiger charge is -2.31. The monoisotopic (exact) mass is 388 g/mol. The maximum Gasteiger partial charge on any atom is 0.243 e. The Morgan fingerprint density at radius 2 is 1.85 bits per heavy atom. The number of sulfonamides is 1. The van der Waals surface area contributed by atoms with Gasteiger partial charge in [0.25, 0.3) is 0 Å². The second kappa shape index (κ2) is 6.72. The number of hydrogen-bond donors (Lipinski definition) is 1. The first-order valence-electron chi connectivity index (χ1n) is 8.78. The molecule has 136 valence electrons. The van der Waals surface area contributed by atoms with Gasteiger partial charge in [-0.3, -0.25) is 0 Å². The quantitative estimate of drug-likeness (QED) is 0.707. The Morgan fingerprint density at radius 1 is 1.08 bits per heavy atom. The van der Waals surface area contributed by atoms with E-state index in [1.807, 2.05) is 31.2 Å². The third-order valence-corrected chi connectivity index (χ3v) is 7.25. The number of rotatable bonds is 3. The summed E-state index contributed by atoms with van der Waals surface area (Å²) in [5, 5.41) is 1.82. The Hall–Kier alpha value is -1.82. The molecule has 3 aromatic rings. The fraction of sp³-hybridized carbons (Fsp3) is 0.300. The van der Waals surface area contributed by atoms with E-state index < -0.39 is 10.0 Å². The van der Waals surface area contributed by atoms with Crippen LogP contribution in [0.3, 0.4) is 0 Å². The first-order chi connectivity index (χ1) is 12.4. The average Bonchev–Trinajstić information content (AvgIpc) is 3.05. The van der Waals surface area contributed by atoms with Gasteiger partial charge in [0, 0.05) is 40.6 Å². The normalized spacial score (nSPS) is 17.0. The summed E-state index contributed by atoms with van der Waals surface area (Å²) in [6, 6.07) is 15.1. The highest BCUT2D eigenvalue weighted by molar-refractivity contribution is 7.89. The first-order valence-corrected chi connectivity index (χ1v) is 10.6. The fourth-order valence-electron chi connectivity index (χ4n) is 3.68. The summed E-state index contributed by atoms with van der Waals surface area (Å²) in [5.74, 6) is 0.338. The van der Waals surface area contributed by atoms with Crippen LogP contribution in [0.15, 0.2) is 53.4 Å². The van der Waals surface area contributed by atoms with E-state index in [0.29, 0.717) is 23.9 Å². The number of nitrogens with zero attached hydrogens (tertiary/aromatic N) is 1. The molecule has 4 rings (SSSR count). The van der Waals surface area contributed by atoms with E-state index in [1.54, 1.807) is 22.5 Å². The minimum atomic E-state index is -3.41. The molecule has 1 saturated heterocycles. The fourth-order valence-corrected chi connectivity index (χ4v) is 5.43. The van der Waals surface area contributed by atoms with Crippen molar-refractivity contribution in [2.24, 2.45) is 0 Å². The number of aryl methyl sites for hydroxylation is 1. The van der Waals surface area contributed by atoms with Crippen LogP contribution in [0.4, 0.5) is 0 Å². The molecule has 0 aliphatic carbocycles. The van der Waals surface area contributed by atoms with Gasteiger partial charge in [-0.05, 0) is 61.7 Å². The number of piperidine rings is 1. The van der Waals surface area contributed by atoms with Gasteiger partial charge in [-0.25, -0.2) is 8.42 Å². The highest BCUT2D eigenvalue weighted by atomic mass is 35.5. The van der Waals surface area contributed by atoms with Gasteiger partial charge < -0.3 is 4.98 Å². The van der Waals surface area contributed by atoms with Crippen LogP contribution in [-0.4, -0.2) is 30.8 Å². The summed E-state index contributed by atoms with van der Waals surface area (Å²) in [6.07, 6.45) is 1.62. The second-order valence-corrected chi connectivity index (χ2v) is 9.33. The van der Waals surface area contributed by atoms with Gasteiger partial charge in [0.15, 0.2) is 0 Å². The molecule has 0 amide bonds. The summed E-state index contributed by atoms with van der Waals surface area (Å²) in [6.45, 7) is 2.99. The number of benzene rings is 2. The van der Waals surface area contributed by atoms with Gasteiger partial charge in [-0.15, -0.1) is 0 Å². The lowest BCUT2D eigenvalue weighted by molar-refractivity contribution is 0.317. The van der Waals surface area contributed by atoms with E-state index in [-0.39, 0.29) is 0 Å². The molecule has 2 heterocycles. The van der Waals surface area contributed by atoms with E-state index >= 15 is 0 Å². The van der Waals surface area contributed by atoms with Gasteiger partial charge in [0.1, 0.15) is 0 Å². The van der Waals surface area contributed by atoms with Crippen molar-refractivity contribution in [1.82, 2.24) is 9.29 Å². The molecule has 0 radical (unpaired) electrons. The topological polar surface area (TPSA) is 53.2 Å². The van der Waals surface area contributed by atoms with E-state index in [2.05, 4.69) is 11.1 Å². The molecule has 2 aromatic carbocycles. The molecule has 0 saturated carbocycles. The largest absolute Gasteiger partial charge is 0.358 e. The zero-order chi connectivity index (χ0) is 18.3. The summed E-state index contributed by atoms with van der Waals surface area (Å²) in [7, 11) is -3.41. The second-order valence-electron chi connectivity index (χ2n) is 6.95. The lowest BCUT2D eigenvalue weighted by Crippen LogP contribution is -2.37. The molecule has 0 atom stereocenters. The molecular weight excluding hydrogens is 368 g/mol. The molecule has 1 fully saturated rings. The Morgan fingerprint density at radius 3 is 2.58 bits per heavy atom. The van der Waals surface area contributed by atoms with Crippen LogP contribution in [0, 0.1) is 6.92 Å². The van der Waals surface area contributed by atoms with Crippen LogP contribution in [0.2, 0.25) is 5.02 Å². The molecule has 0 spiro atoms. The molecule has 4 nitrogen and oxygen atoms in total. The molecule has 1 aliphatic rings. The van der Waals surface area contributed by atoms with Crippen LogP contribution in [0.1, 0.15) is 30.0 Å². The number of nitrogens with one attached hydrogen (secondary N) is 1. The third kappa shape index (κ3) is 3.27. The smallest absolute Gasteiger partial charge is 0.243 e. The molecule has 0 bridgehead atoms. The Labute approximate surface area is 158 Å². The van der Waals surface area contributed by atoms with Crippen molar-refractivity contribution in [3.8, 4) is 0 Å². The number of hydrogen-bond acceptors (Lipinski definition) is 2. The van der Waals surface area contributed by atoms with E-state index in [4.69, 9.17) is 11.6 Å². The SMILES string of the molecule is Cc1cccc(S(=O)(=O)N2CCC(c3cc4cc(Cl)ccc4[nH]3)CC2)c1. The van der Waals surface area contributed by atoms with Crippen molar-refractivity contribution in [3.63, 3.8) is 0 Å². The first kappa shape index (κ1) is 17.6. The Bertz CT molecular complexity index is 1050. The number of halogens is 1. The van der Waals surface area contributed by atoms with Crippen LogP contribution < -0.4 is 0 Å². The third-order valence-electron chi connectivity index (χ3n) is 5.12.